The van der Waals surface area contributed by atoms with E-state index in [0.29, 0.717) is 10.8 Å². The van der Waals surface area contributed by atoms with Crippen LogP contribution in [0.15, 0.2) is 24.3 Å². The van der Waals surface area contributed by atoms with Crippen molar-refractivity contribution in [1.82, 2.24) is 15.3 Å². The second-order valence-corrected chi connectivity index (χ2v) is 5.07. The van der Waals surface area contributed by atoms with E-state index >= 15 is 0 Å². The number of nitro benzene ring substituents is 1. The second-order valence-electron chi connectivity index (χ2n) is 4.66. The van der Waals surface area contributed by atoms with Crippen LogP contribution in [0.4, 0.5) is 11.4 Å². The maximum atomic E-state index is 10.7. The lowest BCUT2D eigenvalue weighted by atomic mass is 10.3. The third kappa shape index (κ3) is 4.12. The summed E-state index contributed by atoms with van der Waals surface area (Å²) in [4.78, 5) is 12.5. The molecule has 0 spiro atoms. The molecule has 1 fully saturated rings. The first-order chi connectivity index (χ1) is 9.54. The summed E-state index contributed by atoms with van der Waals surface area (Å²) in [7, 11) is 2.08. The summed E-state index contributed by atoms with van der Waals surface area (Å²) in [6, 6.07) is 6.27. The van der Waals surface area contributed by atoms with Crippen LogP contribution >= 0.6 is 12.2 Å². The molecule has 8 heteroatoms. The van der Waals surface area contributed by atoms with Gasteiger partial charge in [0.2, 0.25) is 0 Å². The van der Waals surface area contributed by atoms with Gasteiger partial charge >= 0.3 is 0 Å². The summed E-state index contributed by atoms with van der Waals surface area (Å²) in [5.41, 5.74) is 3.74. The Morgan fingerprint density at radius 3 is 2.70 bits per heavy atom. The highest BCUT2D eigenvalue weighted by molar-refractivity contribution is 7.80. The Morgan fingerprint density at radius 2 is 2.05 bits per heavy atom. The standard InChI is InChI=1S/C12H17N5O2S/c1-15-5-7-16(8-6-15)14-12(20)13-10-3-2-4-11(9-10)17(18)19/h2-4,9H,5-8H2,1H3,(H2,13,14,20). The van der Waals surface area contributed by atoms with Crippen molar-refractivity contribution in [2.24, 2.45) is 0 Å². The largest absolute Gasteiger partial charge is 0.331 e. The number of nitro groups is 1. The minimum atomic E-state index is -0.428. The molecule has 1 aromatic carbocycles. The number of hydrogen-bond acceptors (Lipinski definition) is 5. The molecular weight excluding hydrogens is 278 g/mol. The number of thiocarbonyl (C=S) groups is 1. The summed E-state index contributed by atoms with van der Waals surface area (Å²) in [6.07, 6.45) is 0. The number of likely N-dealkylation sites (N-methyl/N-ethyl adjacent to an activating group) is 1. The van der Waals surface area contributed by atoms with Crippen molar-refractivity contribution < 1.29 is 4.92 Å². The van der Waals surface area contributed by atoms with Gasteiger partial charge in [0.25, 0.3) is 5.69 Å². The summed E-state index contributed by atoms with van der Waals surface area (Å²) in [5.74, 6) is 0. The predicted molar refractivity (Wildman–Crippen MR) is 81.5 cm³/mol. The number of nitrogens with one attached hydrogen (secondary N) is 2. The first-order valence-electron chi connectivity index (χ1n) is 6.30. The van der Waals surface area contributed by atoms with Crippen LogP contribution in [0, 0.1) is 10.1 Å². The zero-order valence-corrected chi connectivity index (χ0v) is 12.0. The van der Waals surface area contributed by atoms with Crippen molar-refractivity contribution in [1.29, 1.82) is 0 Å². The minimum Gasteiger partial charge on any atom is -0.331 e. The molecule has 7 nitrogen and oxygen atoms in total. The van der Waals surface area contributed by atoms with E-state index in [4.69, 9.17) is 12.2 Å². The molecule has 1 aromatic rings. The molecule has 0 unspecified atom stereocenters. The fourth-order valence-electron chi connectivity index (χ4n) is 1.92. The topological polar surface area (TPSA) is 73.7 Å². The molecule has 108 valence electrons. The number of nitrogens with zero attached hydrogens (tertiary/aromatic N) is 3. The van der Waals surface area contributed by atoms with Crippen LogP contribution < -0.4 is 10.7 Å². The van der Waals surface area contributed by atoms with Crippen LogP contribution in [0.3, 0.4) is 0 Å². The van der Waals surface area contributed by atoms with Crippen LogP contribution in [-0.2, 0) is 0 Å². The lowest BCUT2D eigenvalue weighted by Gasteiger charge is -2.33. The van der Waals surface area contributed by atoms with Gasteiger partial charge in [0.05, 0.1) is 4.92 Å². The first-order valence-corrected chi connectivity index (χ1v) is 6.71. The molecule has 2 N–H and O–H groups in total. The van der Waals surface area contributed by atoms with Crippen LogP contribution in [-0.4, -0.2) is 53.2 Å². The molecule has 1 aliphatic heterocycles. The summed E-state index contributed by atoms with van der Waals surface area (Å²) in [5, 5.41) is 16.1. The fourth-order valence-corrected chi connectivity index (χ4v) is 2.17. The Kier molecular flexibility index (Phi) is 4.83. The molecule has 1 saturated heterocycles. The lowest BCUT2D eigenvalue weighted by molar-refractivity contribution is -0.384. The van der Waals surface area contributed by atoms with Gasteiger partial charge in [-0.15, -0.1) is 0 Å². The summed E-state index contributed by atoms with van der Waals surface area (Å²) < 4.78 is 0. The Hall–Kier alpha value is -1.77. The SMILES string of the molecule is CN1CCN(NC(=S)Nc2cccc([N+](=O)[O-])c2)CC1. The second kappa shape index (κ2) is 6.60. The number of anilines is 1. The molecular formula is C12H17N5O2S. The van der Waals surface area contributed by atoms with Gasteiger partial charge in [-0.2, -0.15) is 0 Å². The molecule has 2 rings (SSSR count). The highest BCUT2D eigenvalue weighted by Crippen LogP contribution is 2.16. The van der Waals surface area contributed by atoms with Gasteiger partial charge in [-0.1, -0.05) is 6.07 Å². The van der Waals surface area contributed by atoms with E-state index < -0.39 is 4.92 Å². The van der Waals surface area contributed by atoms with Gasteiger partial charge in [-0.05, 0) is 25.3 Å². The van der Waals surface area contributed by atoms with Gasteiger partial charge in [0, 0.05) is 44.0 Å². The summed E-state index contributed by atoms with van der Waals surface area (Å²) >= 11 is 5.21. The Balaban J connectivity index is 1.88. The van der Waals surface area contributed by atoms with E-state index in [1.807, 2.05) is 5.01 Å². The van der Waals surface area contributed by atoms with Crippen LogP contribution in [0.1, 0.15) is 0 Å². The molecule has 0 bridgehead atoms. The Morgan fingerprint density at radius 1 is 1.35 bits per heavy atom. The van der Waals surface area contributed by atoms with E-state index in [-0.39, 0.29) is 5.69 Å². The quantitative estimate of drug-likeness (QED) is 0.490. The predicted octanol–water partition coefficient (Wildman–Crippen LogP) is 1.04. The number of hydrogen-bond donors (Lipinski definition) is 2. The van der Waals surface area contributed by atoms with Crippen molar-refractivity contribution in [3.05, 3.63) is 34.4 Å². The van der Waals surface area contributed by atoms with Gasteiger partial charge in [-0.25, -0.2) is 5.01 Å². The number of piperazine rings is 1. The maximum Gasteiger partial charge on any atom is 0.271 e. The van der Waals surface area contributed by atoms with Crippen molar-refractivity contribution >= 4 is 28.7 Å². The number of hydrazine groups is 1. The van der Waals surface area contributed by atoms with Crippen molar-refractivity contribution in [3.63, 3.8) is 0 Å². The zero-order valence-electron chi connectivity index (χ0n) is 11.2. The minimum absolute atomic E-state index is 0.0393. The number of non-ortho nitro benzene ring substituents is 1. The monoisotopic (exact) mass is 295 g/mol. The van der Waals surface area contributed by atoms with Gasteiger partial charge < -0.3 is 10.2 Å². The molecule has 0 aliphatic carbocycles. The van der Waals surface area contributed by atoms with Crippen molar-refractivity contribution in [3.8, 4) is 0 Å². The van der Waals surface area contributed by atoms with Crippen LogP contribution in [0.2, 0.25) is 0 Å². The number of rotatable bonds is 3. The first kappa shape index (κ1) is 14.6. The van der Waals surface area contributed by atoms with Crippen molar-refractivity contribution in [2.75, 3.05) is 38.5 Å². The van der Waals surface area contributed by atoms with Gasteiger partial charge in [0.1, 0.15) is 0 Å². The van der Waals surface area contributed by atoms with Crippen LogP contribution in [0.25, 0.3) is 0 Å². The van der Waals surface area contributed by atoms with Gasteiger partial charge in [-0.3, -0.25) is 15.5 Å². The van der Waals surface area contributed by atoms with E-state index in [1.54, 1.807) is 12.1 Å². The molecule has 0 aromatic heterocycles. The molecule has 0 amide bonds. The third-order valence-corrected chi connectivity index (χ3v) is 3.27. The molecule has 0 radical (unpaired) electrons. The lowest BCUT2D eigenvalue weighted by Crippen LogP contribution is -2.53. The molecule has 0 atom stereocenters. The Bertz CT molecular complexity index is 502. The third-order valence-electron chi connectivity index (χ3n) is 3.08. The molecule has 1 heterocycles. The normalized spacial score (nSPS) is 16.6. The smallest absolute Gasteiger partial charge is 0.271 e. The Labute approximate surface area is 122 Å². The zero-order chi connectivity index (χ0) is 14.5. The van der Waals surface area contributed by atoms with E-state index in [0.717, 1.165) is 26.2 Å². The van der Waals surface area contributed by atoms with Crippen LogP contribution in [0.5, 0.6) is 0 Å². The van der Waals surface area contributed by atoms with Crippen molar-refractivity contribution in [2.45, 2.75) is 0 Å². The average molecular weight is 295 g/mol. The van der Waals surface area contributed by atoms with E-state index in [2.05, 4.69) is 22.7 Å². The number of benzene rings is 1. The average Bonchev–Trinajstić information content (AvgIpc) is 2.41. The highest BCUT2D eigenvalue weighted by Gasteiger charge is 2.14. The van der Waals surface area contributed by atoms with E-state index in [9.17, 15) is 10.1 Å². The molecule has 0 saturated carbocycles. The van der Waals surface area contributed by atoms with E-state index in [1.165, 1.54) is 12.1 Å². The molecule has 1 aliphatic rings. The maximum absolute atomic E-state index is 10.7. The van der Waals surface area contributed by atoms with Gasteiger partial charge in [0.15, 0.2) is 5.11 Å². The fraction of sp³-hybridized carbons (Fsp3) is 0.417. The summed E-state index contributed by atoms with van der Waals surface area (Å²) in [6.45, 7) is 3.72. The highest BCUT2D eigenvalue weighted by atomic mass is 32.1. The molecule has 20 heavy (non-hydrogen) atoms.